The van der Waals surface area contributed by atoms with Crippen LogP contribution in [0.2, 0.25) is 0 Å². The maximum Gasteiger partial charge on any atom is 0.212 e. The van der Waals surface area contributed by atoms with Gasteiger partial charge in [0.05, 0.1) is 0 Å². The molecule has 10 aromatic carbocycles. The van der Waals surface area contributed by atoms with E-state index in [1.54, 1.807) is 18.2 Å². The lowest BCUT2D eigenvalue weighted by molar-refractivity contribution is -0.661. The van der Waals surface area contributed by atoms with Crippen LogP contribution in [-0.2, 0) is 60.8 Å². The summed E-state index contributed by atoms with van der Waals surface area (Å²) in [4.78, 5) is 0. The molecule has 0 amide bonds. The second kappa shape index (κ2) is 43.3. The SMILES string of the molecule is Cc1cc(-c2cc(-c3ccccc3)c(C)cc2C)[n+](C)cc1CC(C)(C)C.Cc1cc(-c2cc(-c3ccccc3)c(C)cc2C)[n+](C)cc1CC(C)C.[2H]C([2H])([2H])c1cc(C)c(-c2cc(C)c(C([2H])(C)C)c[n+]2C)cc1-c1ccccc1.[2H]C([2H])([2H])c1cc(C)c(-c2cc(C)c(C([2H])([2H])C(C)(C)C)c[n+]2C)cc1-c1ccccc1.[2H]C([2H])([2H])c1cc(C)c(-c2cc(C)c(C([2H])([2H])C(C)C)c[n+]2C)cc1-c1ccccc1. The maximum atomic E-state index is 8.71. The molecule has 0 bridgehead atoms. The van der Waals surface area contributed by atoms with Crippen LogP contribution in [0.15, 0.2) is 274 Å². The summed E-state index contributed by atoms with van der Waals surface area (Å²) in [6.45, 7) is 43.1. The van der Waals surface area contributed by atoms with Crippen molar-refractivity contribution < 1.29 is 42.0 Å². The van der Waals surface area contributed by atoms with Crippen LogP contribution in [0.3, 0.4) is 0 Å². The van der Waals surface area contributed by atoms with Gasteiger partial charge in [-0.1, -0.05) is 265 Å². The third kappa shape index (κ3) is 25.4. The number of nitrogens with zero attached hydrogens (tertiary/aromatic N) is 5. The second-order valence-corrected chi connectivity index (χ2v) is 39.5. The zero-order chi connectivity index (χ0) is 107. The molecular weight excluding hydrogens is 1580 g/mol. The van der Waals surface area contributed by atoms with Crippen molar-refractivity contribution in [3.05, 3.63) is 385 Å². The normalized spacial score (nSPS) is 13.5. The average molecular weight is 1750 g/mol. The summed E-state index contributed by atoms with van der Waals surface area (Å²) < 4.78 is 126. The van der Waals surface area contributed by atoms with Crippen molar-refractivity contribution in [3.8, 4) is 112 Å². The maximum absolute atomic E-state index is 8.71. The Morgan fingerprint density at radius 2 is 0.504 bits per heavy atom. The first kappa shape index (κ1) is 81.0. The molecule has 15 rings (SSSR count). The minimum atomic E-state index is -2.22. The largest absolute Gasteiger partial charge is 0.212 e. The van der Waals surface area contributed by atoms with Crippen molar-refractivity contribution >= 4 is 0 Å². The Balaban J connectivity index is 0.000000173. The van der Waals surface area contributed by atoms with Gasteiger partial charge < -0.3 is 0 Å². The standard InChI is InChI=1S/2C26H32N.2C25H30N.C24H28N/c2*1-18-14-25(27(7)17-22(18)16-26(4,5)6)24-15-23(19(2)13-20(24)3)21-11-9-8-10-12-21;2*1-17(2)12-22-16-26(6)25(14-18(22)3)24-15-23(19(4)13-20(24)5)21-10-8-7-9-11-21;1-16(2)23-15-25(6)24(13-19(23)5)22-14-21(17(3)12-18(22)4)20-10-8-7-9-11-20/h2*8-15,17H,16H2,1-7H3;2*7-11,13-17H,12H2,1-6H3;7-16H,1-6H3/q5*+1/i2D3,16D2;;4D3,12D2;;3D3,16D. The van der Waals surface area contributed by atoms with E-state index in [-0.39, 0.29) is 5.92 Å². The lowest BCUT2D eigenvalue weighted by Gasteiger charge is -2.19. The van der Waals surface area contributed by atoms with Crippen molar-refractivity contribution in [2.45, 2.75) is 218 Å². The first-order chi connectivity index (χ1) is 67.4. The molecule has 5 heterocycles. The number of benzene rings is 10. The van der Waals surface area contributed by atoms with Gasteiger partial charge in [0.25, 0.3) is 0 Å². The Labute approximate surface area is 810 Å². The van der Waals surface area contributed by atoms with E-state index in [0.717, 1.165) is 108 Å². The Morgan fingerprint density at radius 1 is 0.260 bits per heavy atom. The molecule has 0 saturated carbocycles. The molecule has 15 aromatic rings. The van der Waals surface area contributed by atoms with Gasteiger partial charge in [-0.15, -0.1) is 0 Å². The molecule has 5 aromatic heterocycles. The van der Waals surface area contributed by atoms with Gasteiger partial charge in [-0.2, -0.15) is 0 Å². The summed E-state index contributed by atoms with van der Waals surface area (Å²) in [7, 11) is 10.1. The summed E-state index contributed by atoms with van der Waals surface area (Å²) in [5, 5.41) is 0. The molecule has 0 radical (unpaired) electrons. The van der Waals surface area contributed by atoms with Crippen LogP contribution in [0.4, 0.5) is 0 Å². The molecule has 0 atom stereocenters. The van der Waals surface area contributed by atoms with Gasteiger partial charge in [0.1, 0.15) is 35.2 Å². The van der Waals surface area contributed by atoms with E-state index in [1.165, 1.54) is 89.3 Å². The first-order valence-corrected chi connectivity index (χ1v) is 46.4. The molecule has 676 valence electrons. The van der Waals surface area contributed by atoms with Crippen LogP contribution < -0.4 is 22.8 Å². The van der Waals surface area contributed by atoms with Crippen molar-refractivity contribution in [2.24, 2.45) is 57.9 Å². The molecule has 5 heteroatoms. The highest BCUT2D eigenvalue weighted by molar-refractivity contribution is 5.81. The summed E-state index contributed by atoms with van der Waals surface area (Å²) in [6.07, 6.45) is 9.66. The van der Waals surface area contributed by atoms with Gasteiger partial charge in [0, 0.05) is 105 Å². The lowest BCUT2D eigenvalue weighted by Crippen LogP contribution is -2.32. The predicted octanol–water partition coefficient (Wildman–Crippen LogP) is 30.5. The number of aromatic nitrogens is 5. The molecule has 0 spiro atoms. The minimum absolute atomic E-state index is 0.151. The van der Waals surface area contributed by atoms with Crippen molar-refractivity contribution in [1.29, 1.82) is 0 Å². The zero-order valence-corrected chi connectivity index (χ0v) is 83.8. The topological polar surface area (TPSA) is 19.4 Å². The number of aryl methyl sites for hydroxylation is 20. The van der Waals surface area contributed by atoms with Gasteiger partial charge in [-0.05, 0) is 327 Å². The molecule has 0 N–H and O–H groups in total. The fourth-order valence-electron chi connectivity index (χ4n) is 17.8. The molecule has 0 aliphatic heterocycles. The third-order valence-corrected chi connectivity index (χ3v) is 24.5. The summed E-state index contributed by atoms with van der Waals surface area (Å²) in [6, 6.07) is 81.6. The molecule has 0 aliphatic carbocycles. The van der Waals surface area contributed by atoms with Crippen LogP contribution in [0, 0.1) is 126 Å². The van der Waals surface area contributed by atoms with E-state index in [0.29, 0.717) is 50.3 Å². The Hall–Kier alpha value is -12.1. The molecule has 0 aliphatic rings. The van der Waals surface area contributed by atoms with Crippen LogP contribution in [0.1, 0.15) is 219 Å². The molecule has 0 saturated heterocycles. The van der Waals surface area contributed by atoms with Gasteiger partial charge in [-0.3, -0.25) is 0 Å². The van der Waals surface area contributed by atoms with E-state index >= 15 is 0 Å². The second-order valence-electron chi connectivity index (χ2n) is 39.5. The fourth-order valence-corrected chi connectivity index (χ4v) is 17.8. The Kier molecular flexibility index (Phi) is 26.8. The Bertz CT molecular complexity index is 7160. The van der Waals surface area contributed by atoms with Crippen LogP contribution in [0.25, 0.3) is 112 Å². The van der Waals surface area contributed by atoms with E-state index in [4.69, 9.17) is 19.2 Å². The quantitative estimate of drug-likeness (QED) is 0.0810. The van der Waals surface area contributed by atoms with E-state index in [2.05, 4.69) is 215 Å². The zero-order valence-electron chi connectivity index (χ0n) is 97.8. The number of hydrogen-bond donors (Lipinski definition) is 0. The van der Waals surface area contributed by atoms with E-state index in [9.17, 15) is 0 Å². The fraction of sp³-hybridized carbons (Fsp3) is 0.325. The number of pyridine rings is 5. The van der Waals surface area contributed by atoms with Gasteiger partial charge in [0.15, 0.2) is 31.0 Å². The summed E-state index contributed by atoms with van der Waals surface area (Å²) in [5.74, 6) is -0.164. The molecule has 5 nitrogen and oxygen atoms in total. The first-order valence-electron chi connectivity index (χ1n) is 53.4. The number of hydrogen-bond acceptors (Lipinski definition) is 0. The van der Waals surface area contributed by atoms with E-state index in [1.807, 2.05) is 265 Å². The average Bonchev–Trinajstić information content (AvgIpc) is 0.753. The van der Waals surface area contributed by atoms with E-state index < -0.39 is 44.6 Å². The molecular formula is C126H152N5+5. The van der Waals surface area contributed by atoms with Gasteiger partial charge >= 0.3 is 0 Å². The van der Waals surface area contributed by atoms with Crippen LogP contribution in [0.5, 0.6) is 0 Å². The Morgan fingerprint density at radius 3 is 0.786 bits per heavy atom. The highest BCUT2D eigenvalue weighted by Crippen LogP contribution is 2.40. The van der Waals surface area contributed by atoms with Gasteiger partial charge in [0.2, 0.25) is 28.5 Å². The van der Waals surface area contributed by atoms with Crippen molar-refractivity contribution in [2.75, 3.05) is 0 Å². The van der Waals surface area contributed by atoms with Crippen LogP contribution >= 0.6 is 0 Å². The molecule has 0 fully saturated rings. The summed E-state index contributed by atoms with van der Waals surface area (Å²) >= 11 is 0. The molecule has 131 heavy (non-hydrogen) atoms. The third-order valence-electron chi connectivity index (χ3n) is 24.5. The molecule has 0 unspecified atom stereocenters. The highest BCUT2D eigenvalue weighted by atomic mass is 14.9. The smallest absolute Gasteiger partial charge is 0.201 e. The van der Waals surface area contributed by atoms with Crippen molar-refractivity contribution in [1.82, 2.24) is 0 Å². The lowest BCUT2D eigenvalue weighted by atomic mass is 9.86. The predicted molar refractivity (Wildman–Crippen MR) is 561 cm³/mol. The van der Waals surface area contributed by atoms with Crippen molar-refractivity contribution in [3.63, 3.8) is 0 Å². The highest BCUT2D eigenvalue weighted by Gasteiger charge is 2.27. The minimum Gasteiger partial charge on any atom is -0.201 e. The van der Waals surface area contributed by atoms with Crippen LogP contribution in [-0.4, -0.2) is 0 Å². The number of rotatable bonds is 17. The monoisotopic (exact) mass is 1750 g/mol. The summed E-state index contributed by atoms with van der Waals surface area (Å²) in [5.41, 5.74) is 40.3. The van der Waals surface area contributed by atoms with Gasteiger partial charge in [-0.25, -0.2) is 22.8 Å².